The summed E-state index contributed by atoms with van der Waals surface area (Å²) in [6.07, 6.45) is 4.58. The highest BCUT2D eigenvalue weighted by Gasteiger charge is 2.39. The highest BCUT2D eigenvalue weighted by atomic mass is 16.6. The summed E-state index contributed by atoms with van der Waals surface area (Å²) >= 11 is 0. The van der Waals surface area contributed by atoms with E-state index in [1.807, 2.05) is 49.9 Å². The van der Waals surface area contributed by atoms with Gasteiger partial charge in [0, 0.05) is 25.8 Å². The summed E-state index contributed by atoms with van der Waals surface area (Å²) in [5.41, 5.74) is -0.905. The number of esters is 1. The molecule has 1 aromatic rings. The Balaban J connectivity index is 2.30. The summed E-state index contributed by atoms with van der Waals surface area (Å²) in [6.45, 7) is 14.2. The number of pyridine rings is 1. The van der Waals surface area contributed by atoms with Crippen LogP contribution in [0.4, 0.5) is 10.6 Å². The van der Waals surface area contributed by atoms with Crippen LogP contribution in [-0.4, -0.2) is 71.8 Å². The number of aromatic nitrogens is 1. The second-order valence-corrected chi connectivity index (χ2v) is 10.3. The van der Waals surface area contributed by atoms with Crippen LogP contribution < -0.4 is 10.2 Å². The molecule has 9 heteroatoms. The zero-order chi connectivity index (χ0) is 25.5. The number of piperazine rings is 1. The van der Waals surface area contributed by atoms with Gasteiger partial charge < -0.3 is 19.7 Å². The maximum Gasteiger partial charge on any atom is 0.411 e. The molecule has 1 fully saturated rings. The van der Waals surface area contributed by atoms with Gasteiger partial charge >= 0.3 is 12.1 Å². The van der Waals surface area contributed by atoms with Crippen molar-refractivity contribution >= 4 is 23.8 Å². The van der Waals surface area contributed by atoms with Crippen molar-refractivity contribution in [2.75, 3.05) is 31.1 Å². The SMILES string of the molecule is CCOC(=O)C(/C=C/C(C)(C)C)NC(=O)C1CN(c2ccccn2)CCN1C(=O)OC(C)(C)C. The first-order valence-electron chi connectivity index (χ1n) is 11.6. The van der Waals surface area contributed by atoms with Gasteiger partial charge in [0.2, 0.25) is 5.91 Å². The third kappa shape index (κ3) is 8.35. The number of hydrogen-bond donors (Lipinski definition) is 1. The Labute approximate surface area is 202 Å². The molecule has 0 saturated carbocycles. The van der Waals surface area contributed by atoms with Crippen LogP contribution >= 0.6 is 0 Å². The van der Waals surface area contributed by atoms with Crippen molar-refractivity contribution in [3.05, 3.63) is 36.5 Å². The molecule has 34 heavy (non-hydrogen) atoms. The minimum atomic E-state index is -0.975. The van der Waals surface area contributed by atoms with Crippen molar-refractivity contribution in [2.24, 2.45) is 5.41 Å². The first-order chi connectivity index (χ1) is 15.8. The lowest BCUT2D eigenvalue weighted by atomic mass is 9.95. The van der Waals surface area contributed by atoms with Gasteiger partial charge in [0.05, 0.1) is 6.61 Å². The van der Waals surface area contributed by atoms with E-state index in [0.717, 1.165) is 0 Å². The summed E-state index contributed by atoms with van der Waals surface area (Å²) in [6, 6.07) is 3.68. The zero-order valence-electron chi connectivity index (χ0n) is 21.3. The largest absolute Gasteiger partial charge is 0.464 e. The average Bonchev–Trinajstić information content (AvgIpc) is 2.75. The molecule has 2 atom stereocenters. The second-order valence-electron chi connectivity index (χ2n) is 10.3. The predicted molar refractivity (Wildman–Crippen MR) is 130 cm³/mol. The number of rotatable bonds is 6. The van der Waals surface area contributed by atoms with Crippen molar-refractivity contribution < 1.29 is 23.9 Å². The summed E-state index contributed by atoms with van der Waals surface area (Å²) < 4.78 is 10.7. The maximum atomic E-state index is 13.4. The molecule has 0 radical (unpaired) electrons. The Morgan fingerprint density at radius 3 is 2.44 bits per heavy atom. The molecule has 1 aromatic heterocycles. The van der Waals surface area contributed by atoms with Gasteiger partial charge in [0.15, 0.2) is 0 Å². The van der Waals surface area contributed by atoms with E-state index in [2.05, 4.69) is 10.3 Å². The van der Waals surface area contributed by atoms with E-state index in [-0.39, 0.29) is 25.1 Å². The van der Waals surface area contributed by atoms with Gasteiger partial charge in [-0.3, -0.25) is 9.69 Å². The number of carbonyl (C=O) groups is 3. The first-order valence-corrected chi connectivity index (χ1v) is 11.6. The molecule has 188 valence electrons. The fourth-order valence-corrected chi connectivity index (χ4v) is 3.35. The molecule has 1 N–H and O–H groups in total. The van der Waals surface area contributed by atoms with E-state index in [1.54, 1.807) is 40.0 Å². The monoisotopic (exact) mass is 474 g/mol. The summed E-state index contributed by atoms with van der Waals surface area (Å²) in [5.74, 6) is -0.320. The van der Waals surface area contributed by atoms with Gasteiger partial charge in [0.25, 0.3) is 0 Å². The number of nitrogens with zero attached hydrogens (tertiary/aromatic N) is 3. The van der Waals surface area contributed by atoms with E-state index in [1.165, 1.54) is 4.90 Å². The molecule has 0 aliphatic carbocycles. The van der Waals surface area contributed by atoms with Crippen LogP contribution in [0.1, 0.15) is 48.5 Å². The Morgan fingerprint density at radius 2 is 1.88 bits per heavy atom. The Bertz CT molecular complexity index is 874. The van der Waals surface area contributed by atoms with Crippen molar-refractivity contribution in [2.45, 2.75) is 66.2 Å². The standard InChI is InChI=1S/C25H38N4O5/c1-8-33-22(31)18(12-13-24(2,3)4)27-21(30)19-17-28(20-11-9-10-14-26-20)15-16-29(19)23(32)34-25(5,6)7/h9-14,18-19H,8,15-17H2,1-7H3,(H,27,30)/b13-12+. The second kappa shape index (κ2) is 11.4. The number of hydrogen-bond acceptors (Lipinski definition) is 7. The van der Waals surface area contributed by atoms with Crippen LogP contribution in [0, 0.1) is 5.41 Å². The lowest BCUT2D eigenvalue weighted by Crippen LogP contribution is -2.62. The van der Waals surface area contributed by atoms with E-state index in [0.29, 0.717) is 12.4 Å². The molecule has 0 aromatic carbocycles. The van der Waals surface area contributed by atoms with Crippen LogP contribution in [0.5, 0.6) is 0 Å². The smallest absolute Gasteiger partial charge is 0.411 e. The van der Waals surface area contributed by atoms with Crippen LogP contribution in [-0.2, 0) is 19.1 Å². The van der Waals surface area contributed by atoms with Crippen LogP contribution in [0.3, 0.4) is 0 Å². The molecule has 9 nitrogen and oxygen atoms in total. The van der Waals surface area contributed by atoms with Crippen molar-refractivity contribution in [1.29, 1.82) is 0 Å². The lowest BCUT2D eigenvalue weighted by Gasteiger charge is -2.41. The van der Waals surface area contributed by atoms with Gasteiger partial charge in [-0.25, -0.2) is 14.6 Å². The molecular weight excluding hydrogens is 436 g/mol. The number of carbonyl (C=O) groups excluding carboxylic acids is 3. The minimum Gasteiger partial charge on any atom is -0.464 e. The van der Waals surface area contributed by atoms with Crippen LogP contribution in [0.15, 0.2) is 36.5 Å². The Morgan fingerprint density at radius 1 is 1.18 bits per heavy atom. The fraction of sp³-hybridized carbons (Fsp3) is 0.600. The van der Waals surface area contributed by atoms with Crippen molar-refractivity contribution in [1.82, 2.24) is 15.2 Å². The number of ether oxygens (including phenoxy) is 2. The molecule has 2 rings (SSSR count). The predicted octanol–water partition coefficient (Wildman–Crippen LogP) is 3.16. The maximum absolute atomic E-state index is 13.4. The highest BCUT2D eigenvalue weighted by molar-refractivity contribution is 5.91. The molecule has 1 aliphatic rings. The number of anilines is 1. The summed E-state index contributed by atoms with van der Waals surface area (Å²) in [4.78, 5) is 46.7. The highest BCUT2D eigenvalue weighted by Crippen LogP contribution is 2.20. The van der Waals surface area contributed by atoms with E-state index < -0.39 is 35.7 Å². The minimum absolute atomic E-state index is 0.190. The summed E-state index contributed by atoms with van der Waals surface area (Å²) in [5, 5.41) is 2.77. The number of amides is 2. The normalized spacial score (nSPS) is 17.9. The van der Waals surface area contributed by atoms with Gasteiger partial charge in [-0.2, -0.15) is 0 Å². The Kier molecular flexibility index (Phi) is 9.06. The molecule has 2 amide bonds. The molecule has 0 bridgehead atoms. The topological polar surface area (TPSA) is 101 Å². The molecule has 0 spiro atoms. The van der Waals surface area contributed by atoms with Gasteiger partial charge in [0.1, 0.15) is 23.5 Å². The quantitative estimate of drug-likeness (QED) is 0.499. The van der Waals surface area contributed by atoms with E-state index >= 15 is 0 Å². The van der Waals surface area contributed by atoms with Crippen molar-refractivity contribution in [3.8, 4) is 0 Å². The average molecular weight is 475 g/mol. The van der Waals surface area contributed by atoms with Crippen LogP contribution in [0.25, 0.3) is 0 Å². The Hall–Kier alpha value is -3.10. The third-order valence-corrected chi connectivity index (χ3v) is 4.91. The van der Waals surface area contributed by atoms with E-state index in [4.69, 9.17) is 9.47 Å². The molecule has 2 unspecified atom stereocenters. The van der Waals surface area contributed by atoms with Gasteiger partial charge in [-0.05, 0) is 45.2 Å². The lowest BCUT2D eigenvalue weighted by molar-refractivity contribution is -0.146. The molecule has 1 saturated heterocycles. The van der Waals surface area contributed by atoms with Gasteiger partial charge in [-0.1, -0.05) is 39.0 Å². The van der Waals surface area contributed by atoms with Crippen molar-refractivity contribution in [3.63, 3.8) is 0 Å². The number of nitrogens with one attached hydrogen (secondary N) is 1. The number of allylic oxidation sites excluding steroid dienone is 1. The molecular formula is C25H38N4O5. The molecule has 1 aliphatic heterocycles. The van der Waals surface area contributed by atoms with Gasteiger partial charge in [-0.15, -0.1) is 0 Å². The van der Waals surface area contributed by atoms with Crippen LogP contribution in [0.2, 0.25) is 0 Å². The van der Waals surface area contributed by atoms with E-state index in [9.17, 15) is 14.4 Å². The zero-order valence-corrected chi connectivity index (χ0v) is 21.3. The first kappa shape index (κ1) is 27.1. The third-order valence-electron chi connectivity index (χ3n) is 4.91. The summed E-state index contributed by atoms with van der Waals surface area (Å²) in [7, 11) is 0. The fourth-order valence-electron chi connectivity index (χ4n) is 3.35. The molecule has 2 heterocycles.